The molecule has 9 heteroatoms. The number of benzene rings is 2. The minimum atomic E-state index is -3.76. The SMILES string of the molecule is C=C1c2ccccc2C(=O)N1CC(=O)Nc1ccc(Cl)c(S(=O)(=O)N2CCCCC2)c1. The van der Waals surface area contributed by atoms with Gasteiger partial charge in [0.1, 0.15) is 11.4 Å². The van der Waals surface area contributed by atoms with Crippen molar-refractivity contribution in [3.63, 3.8) is 0 Å². The van der Waals surface area contributed by atoms with E-state index in [-0.39, 0.29) is 22.4 Å². The first-order valence-corrected chi connectivity index (χ1v) is 11.8. The molecule has 0 atom stereocenters. The van der Waals surface area contributed by atoms with Gasteiger partial charge in [-0.2, -0.15) is 4.31 Å². The largest absolute Gasteiger partial charge is 0.324 e. The smallest absolute Gasteiger partial charge is 0.259 e. The molecule has 0 unspecified atom stereocenters. The molecule has 0 bridgehead atoms. The molecular formula is C22H22ClN3O4S. The molecule has 0 spiro atoms. The van der Waals surface area contributed by atoms with Crippen LogP contribution in [0.4, 0.5) is 5.69 Å². The monoisotopic (exact) mass is 459 g/mol. The highest BCUT2D eigenvalue weighted by molar-refractivity contribution is 7.89. The van der Waals surface area contributed by atoms with Crippen LogP contribution in [0.25, 0.3) is 5.70 Å². The maximum Gasteiger partial charge on any atom is 0.259 e. The maximum atomic E-state index is 13.0. The van der Waals surface area contributed by atoms with Crippen LogP contribution in [0.2, 0.25) is 5.02 Å². The molecule has 4 rings (SSSR count). The Hall–Kier alpha value is -2.68. The van der Waals surface area contributed by atoms with Crippen molar-refractivity contribution >= 4 is 44.8 Å². The highest BCUT2D eigenvalue weighted by atomic mass is 35.5. The van der Waals surface area contributed by atoms with Crippen LogP contribution < -0.4 is 5.32 Å². The summed E-state index contributed by atoms with van der Waals surface area (Å²) in [5.41, 5.74) is 1.95. The topological polar surface area (TPSA) is 86.8 Å². The van der Waals surface area contributed by atoms with E-state index in [0.29, 0.717) is 35.6 Å². The molecule has 2 amide bonds. The lowest BCUT2D eigenvalue weighted by atomic mass is 10.1. The first-order chi connectivity index (χ1) is 14.8. The van der Waals surface area contributed by atoms with E-state index in [0.717, 1.165) is 19.3 Å². The Morgan fingerprint density at radius 2 is 1.74 bits per heavy atom. The number of carbonyl (C=O) groups excluding carboxylic acids is 2. The van der Waals surface area contributed by atoms with Crippen molar-refractivity contribution in [2.45, 2.75) is 24.2 Å². The van der Waals surface area contributed by atoms with Gasteiger partial charge in [0, 0.05) is 35.6 Å². The maximum absolute atomic E-state index is 13.0. The zero-order valence-corrected chi connectivity index (χ0v) is 18.4. The van der Waals surface area contributed by atoms with Crippen molar-refractivity contribution in [1.82, 2.24) is 9.21 Å². The van der Waals surface area contributed by atoms with Gasteiger partial charge in [-0.25, -0.2) is 8.42 Å². The normalized spacial score (nSPS) is 17.0. The third-order valence-corrected chi connectivity index (χ3v) is 7.87. The Kier molecular flexibility index (Phi) is 5.88. The molecule has 2 heterocycles. The van der Waals surface area contributed by atoms with Crippen LogP contribution >= 0.6 is 11.6 Å². The Bertz CT molecular complexity index is 1140. The molecule has 31 heavy (non-hydrogen) atoms. The predicted octanol–water partition coefficient (Wildman–Crippen LogP) is 3.58. The molecule has 2 aromatic carbocycles. The summed E-state index contributed by atoms with van der Waals surface area (Å²) >= 11 is 6.18. The number of nitrogens with one attached hydrogen (secondary N) is 1. The van der Waals surface area contributed by atoms with Gasteiger partial charge in [-0.3, -0.25) is 14.5 Å². The number of piperidine rings is 1. The van der Waals surface area contributed by atoms with Gasteiger partial charge in [-0.15, -0.1) is 0 Å². The van der Waals surface area contributed by atoms with E-state index in [1.54, 1.807) is 24.3 Å². The second-order valence-corrected chi connectivity index (χ2v) is 9.86. The highest BCUT2D eigenvalue weighted by Gasteiger charge is 2.32. The Morgan fingerprint density at radius 1 is 1.06 bits per heavy atom. The van der Waals surface area contributed by atoms with Crippen LogP contribution in [0.15, 0.2) is 53.9 Å². The Labute approximate surface area is 186 Å². The van der Waals surface area contributed by atoms with Crippen molar-refractivity contribution < 1.29 is 18.0 Å². The molecule has 0 saturated carbocycles. The number of fused-ring (bicyclic) bond motifs is 1. The lowest BCUT2D eigenvalue weighted by Gasteiger charge is -2.26. The summed E-state index contributed by atoms with van der Waals surface area (Å²) in [4.78, 5) is 26.5. The van der Waals surface area contributed by atoms with Gasteiger partial charge in [0.05, 0.1) is 5.02 Å². The lowest BCUT2D eigenvalue weighted by Crippen LogP contribution is -2.36. The molecule has 1 fully saturated rings. The van der Waals surface area contributed by atoms with Gasteiger partial charge in [-0.1, -0.05) is 42.8 Å². The van der Waals surface area contributed by atoms with Crippen LogP contribution in [0, 0.1) is 0 Å². The van der Waals surface area contributed by atoms with Gasteiger partial charge < -0.3 is 5.32 Å². The Morgan fingerprint density at radius 3 is 2.42 bits per heavy atom. The van der Waals surface area contributed by atoms with E-state index >= 15 is 0 Å². The molecule has 2 aliphatic heterocycles. The molecular weight excluding hydrogens is 438 g/mol. The second-order valence-electron chi connectivity index (χ2n) is 7.54. The molecule has 7 nitrogen and oxygen atoms in total. The van der Waals surface area contributed by atoms with Crippen LogP contribution in [0.3, 0.4) is 0 Å². The zero-order valence-electron chi connectivity index (χ0n) is 16.8. The summed E-state index contributed by atoms with van der Waals surface area (Å²) in [5, 5.41) is 2.76. The highest BCUT2D eigenvalue weighted by Crippen LogP contribution is 2.32. The summed E-state index contributed by atoms with van der Waals surface area (Å²) in [6.45, 7) is 4.59. The average Bonchev–Trinajstić information content (AvgIpc) is 3.00. The van der Waals surface area contributed by atoms with Gasteiger partial charge in [-0.05, 0) is 37.1 Å². The minimum Gasteiger partial charge on any atom is -0.324 e. The molecule has 1 saturated heterocycles. The number of halogens is 1. The standard InChI is InChI=1S/C22H22ClN3O4S/c1-15-17-7-3-4-8-18(17)22(28)26(15)14-21(27)24-16-9-10-19(23)20(13-16)31(29,30)25-11-5-2-6-12-25/h3-4,7-10,13H,1-2,5-6,11-12,14H2,(H,24,27). The third kappa shape index (κ3) is 4.11. The molecule has 0 radical (unpaired) electrons. The van der Waals surface area contributed by atoms with E-state index in [2.05, 4.69) is 11.9 Å². The number of carbonyl (C=O) groups is 2. The van der Waals surface area contributed by atoms with E-state index < -0.39 is 15.9 Å². The van der Waals surface area contributed by atoms with Gasteiger partial charge in [0.2, 0.25) is 15.9 Å². The molecule has 2 aliphatic rings. The summed E-state index contributed by atoms with van der Waals surface area (Å²) in [6.07, 6.45) is 2.62. The van der Waals surface area contributed by atoms with Crippen molar-refractivity contribution in [3.05, 3.63) is 65.2 Å². The van der Waals surface area contributed by atoms with Crippen molar-refractivity contribution in [2.75, 3.05) is 25.0 Å². The number of anilines is 1. The van der Waals surface area contributed by atoms with Crippen LogP contribution in [0.5, 0.6) is 0 Å². The van der Waals surface area contributed by atoms with Crippen molar-refractivity contribution in [3.8, 4) is 0 Å². The summed E-state index contributed by atoms with van der Waals surface area (Å²) in [7, 11) is -3.76. The molecule has 2 aromatic rings. The molecule has 1 N–H and O–H groups in total. The van der Waals surface area contributed by atoms with E-state index in [1.165, 1.54) is 27.4 Å². The average molecular weight is 460 g/mol. The van der Waals surface area contributed by atoms with Crippen LogP contribution in [-0.4, -0.2) is 49.1 Å². The van der Waals surface area contributed by atoms with Gasteiger partial charge in [0.15, 0.2) is 0 Å². The molecule has 0 aliphatic carbocycles. The third-order valence-electron chi connectivity index (χ3n) is 5.49. The first kappa shape index (κ1) is 21.5. The second kappa shape index (κ2) is 8.45. The quantitative estimate of drug-likeness (QED) is 0.740. The zero-order chi connectivity index (χ0) is 22.2. The van der Waals surface area contributed by atoms with E-state index in [9.17, 15) is 18.0 Å². The number of hydrogen-bond donors (Lipinski definition) is 1. The van der Waals surface area contributed by atoms with E-state index in [4.69, 9.17) is 11.6 Å². The fraction of sp³-hybridized carbons (Fsp3) is 0.273. The minimum absolute atomic E-state index is 0.0390. The van der Waals surface area contributed by atoms with Crippen molar-refractivity contribution in [1.29, 1.82) is 0 Å². The Balaban J connectivity index is 1.50. The number of nitrogens with zero attached hydrogens (tertiary/aromatic N) is 2. The summed E-state index contributed by atoms with van der Waals surface area (Å²) < 4.78 is 27.4. The van der Waals surface area contributed by atoms with Gasteiger partial charge in [0.25, 0.3) is 5.91 Å². The fourth-order valence-corrected chi connectivity index (χ4v) is 5.89. The number of amides is 2. The van der Waals surface area contributed by atoms with Crippen molar-refractivity contribution in [2.24, 2.45) is 0 Å². The van der Waals surface area contributed by atoms with Gasteiger partial charge >= 0.3 is 0 Å². The predicted molar refractivity (Wildman–Crippen MR) is 119 cm³/mol. The summed E-state index contributed by atoms with van der Waals surface area (Å²) in [6, 6.07) is 11.4. The van der Waals surface area contributed by atoms with Crippen LogP contribution in [0.1, 0.15) is 35.2 Å². The van der Waals surface area contributed by atoms with E-state index in [1.807, 2.05) is 0 Å². The molecule has 162 valence electrons. The van der Waals surface area contributed by atoms with Crippen LogP contribution in [-0.2, 0) is 14.8 Å². The number of rotatable bonds is 5. The lowest BCUT2D eigenvalue weighted by molar-refractivity contribution is -0.116. The fourth-order valence-electron chi connectivity index (χ4n) is 3.87. The number of hydrogen-bond acceptors (Lipinski definition) is 4. The first-order valence-electron chi connectivity index (χ1n) is 9.99. The molecule has 0 aromatic heterocycles. The number of sulfonamides is 1. The summed E-state index contributed by atoms with van der Waals surface area (Å²) in [5.74, 6) is -0.758.